The fourth-order valence-electron chi connectivity index (χ4n) is 10.3. The number of amides is 1. The standard InChI is InChI=1S/C78H139N2O6P/c1-6-8-10-12-14-16-18-20-22-24-26-28-30-32-34-35-36-37-38-39-40-41-42-43-44-45-46-48-50-52-54-56-58-60-62-64-66-68-70-72-78(82)79-76(75-86-87(83,84)85-74-73-80(3,4)5)77(81)71-69-67-65-63-61-59-57-55-53-51-49-47-33-31-29-27-25-23-21-19-17-15-13-11-9-7-2/h8,10,14,16,20,22,26,28,32,34,36-37,39-40,42-43,61,63,69,71,76-77,81H,6-7,9,11-13,15,17-19,21,23-25,27,29-31,33,35,38,41,44-60,62,64-68,70,72-75H2,1-5H3,(H-,79,82,83,84)/b10-8-,16-14-,22-20-,28-26-,34-32-,37-36-,40-39-,43-42-,63-61+,71-69+. The molecule has 1 amide bonds. The Labute approximate surface area is 539 Å². The van der Waals surface area contributed by atoms with Gasteiger partial charge in [-0.2, -0.15) is 0 Å². The van der Waals surface area contributed by atoms with Crippen molar-refractivity contribution in [1.82, 2.24) is 5.32 Å². The molecule has 0 saturated carbocycles. The summed E-state index contributed by atoms with van der Waals surface area (Å²) >= 11 is 0. The van der Waals surface area contributed by atoms with Crippen molar-refractivity contribution >= 4 is 13.7 Å². The van der Waals surface area contributed by atoms with Crippen LogP contribution in [0.25, 0.3) is 0 Å². The first kappa shape index (κ1) is 83.9. The maximum Gasteiger partial charge on any atom is 0.268 e. The number of hydrogen-bond acceptors (Lipinski definition) is 6. The van der Waals surface area contributed by atoms with E-state index in [9.17, 15) is 19.4 Å². The molecular formula is C78H139N2O6P. The van der Waals surface area contributed by atoms with E-state index in [0.29, 0.717) is 17.4 Å². The number of hydrogen-bond donors (Lipinski definition) is 2. The lowest BCUT2D eigenvalue weighted by Crippen LogP contribution is -2.45. The predicted molar refractivity (Wildman–Crippen MR) is 380 cm³/mol. The summed E-state index contributed by atoms with van der Waals surface area (Å²) in [6.45, 7) is 4.54. The van der Waals surface area contributed by atoms with Crippen LogP contribution in [0, 0.1) is 0 Å². The Hall–Kier alpha value is -3.10. The summed E-state index contributed by atoms with van der Waals surface area (Å²) in [5.74, 6) is -0.208. The number of phosphoric acid groups is 1. The van der Waals surface area contributed by atoms with Gasteiger partial charge in [0.25, 0.3) is 7.82 Å². The van der Waals surface area contributed by atoms with E-state index in [0.717, 1.165) is 89.9 Å². The lowest BCUT2D eigenvalue weighted by molar-refractivity contribution is -0.870. The van der Waals surface area contributed by atoms with E-state index in [1.807, 2.05) is 27.2 Å². The van der Waals surface area contributed by atoms with Crippen LogP contribution < -0.4 is 10.2 Å². The van der Waals surface area contributed by atoms with Crippen molar-refractivity contribution in [2.24, 2.45) is 0 Å². The van der Waals surface area contributed by atoms with Gasteiger partial charge in [0.15, 0.2) is 0 Å². The van der Waals surface area contributed by atoms with Gasteiger partial charge in [-0.1, -0.05) is 334 Å². The van der Waals surface area contributed by atoms with Gasteiger partial charge >= 0.3 is 0 Å². The molecule has 0 heterocycles. The first-order valence-electron chi connectivity index (χ1n) is 36.4. The molecular weight excluding hydrogens is 1090 g/mol. The second-order valence-electron chi connectivity index (χ2n) is 25.6. The number of carbonyl (C=O) groups excluding carboxylic acids is 1. The van der Waals surface area contributed by atoms with Crippen LogP contribution in [0.4, 0.5) is 0 Å². The fraction of sp³-hybridized carbons (Fsp3) is 0.731. The summed E-state index contributed by atoms with van der Waals surface area (Å²) in [7, 11) is 1.24. The highest BCUT2D eigenvalue weighted by atomic mass is 31.2. The zero-order chi connectivity index (χ0) is 63.4. The number of aliphatic hydroxyl groups excluding tert-OH is 1. The number of nitrogens with one attached hydrogen (secondary N) is 1. The Bertz CT molecular complexity index is 1840. The van der Waals surface area contributed by atoms with Crippen LogP contribution in [0.15, 0.2) is 122 Å². The summed E-state index contributed by atoms with van der Waals surface area (Å²) < 4.78 is 23.5. The molecule has 2 N–H and O–H groups in total. The summed E-state index contributed by atoms with van der Waals surface area (Å²) in [4.78, 5) is 25.6. The maximum atomic E-state index is 13.0. The van der Waals surface area contributed by atoms with E-state index in [-0.39, 0.29) is 12.5 Å². The van der Waals surface area contributed by atoms with Crippen LogP contribution in [-0.2, 0) is 18.4 Å². The van der Waals surface area contributed by atoms with Gasteiger partial charge in [0.1, 0.15) is 13.2 Å². The van der Waals surface area contributed by atoms with E-state index >= 15 is 0 Å². The number of aliphatic hydroxyl groups is 1. The average molecular weight is 1230 g/mol. The number of phosphoric ester groups is 1. The van der Waals surface area contributed by atoms with Crippen LogP contribution in [-0.4, -0.2) is 68.5 Å². The van der Waals surface area contributed by atoms with Crippen molar-refractivity contribution in [2.45, 2.75) is 328 Å². The monoisotopic (exact) mass is 1230 g/mol. The quantitative estimate of drug-likeness (QED) is 0.0272. The molecule has 0 aromatic rings. The average Bonchev–Trinajstić information content (AvgIpc) is 3.69. The molecule has 0 aliphatic carbocycles. The third-order valence-corrected chi connectivity index (χ3v) is 16.9. The van der Waals surface area contributed by atoms with Crippen LogP contribution in [0.3, 0.4) is 0 Å². The molecule has 3 atom stereocenters. The minimum absolute atomic E-state index is 0.0103. The van der Waals surface area contributed by atoms with Gasteiger partial charge in [-0.05, 0) is 96.3 Å². The first-order valence-corrected chi connectivity index (χ1v) is 37.9. The van der Waals surface area contributed by atoms with E-state index in [1.54, 1.807) is 6.08 Å². The van der Waals surface area contributed by atoms with E-state index in [1.165, 1.54) is 205 Å². The third kappa shape index (κ3) is 70.2. The van der Waals surface area contributed by atoms with Gasteiger partial charge in [0.2, 0.25) is 5.91 Å². The number of nitrogens with zero attached hydrogens (tertiary/aromatic N) is 1. The Morgan fingerprint density at radius 1 is 0.414 bits per heavy atom. The van der Waals surface area contributed by atoms with Gasteiger partial charge in [-0.15, -0.1) is 0 Å². The Morgan fingerprint density at radius 2 is 0.713 bits per heavy atom. The molecule has 0 aromatic heterocycles. The van der Waals surface area contributed by atoms with Gasteiger partial charge < -0.3 is 28.8 Å². The number of carbonyl (C=O) groups is 1. The molecule has 87 heavy (non-hydrogen) atoms. The van der Waals surface area contributed by atoms with Gasteiger partial charge in [-0.3, -0.25) is 9.36 Å². The molecule has 0 aliphatic heterocycles. The lowest BCUT2D eigenvalue weighted by atomic mass is 10.0. The molecule has 502 valence electrons. The molecule has 8 nitrogen and oxygen atoms in total. The summed E-state index contributed by atoms with van der Waals surface area (Å²) in [5.41, 5.74) is 0. The highest BCUT2D eigenvalue weighted by Gasteiger charge is 2.23. The molecule has 0 aromatic carbocycles. The van der Waals surface area contributed by atoms with E-state index in [4.69, 9.17) is 9.05 Å². The van der Waals surface area contributed by atoms with Crippen LogP contribution in [0.5, 0.6) is 0 Å². The highest BCUT2D eigenvalue weighted by molar-refractivity contribution is 7.45. The first-order chi connectivity index (χ1) is 42.5. The summed E-state index contributed by atoms with van der Waals surface area (Å²) in [6, 6.07) is -0.912. The van der Waals surface area contributed by atoms with Crippen LogP contribution in [0.1, 0.15) is 316 Å². The van der Waals surface area contributed by atoms with Crippen molar-refractivity contribution in [3.63, 3.8) is 0 Å². The van der Waals surface area contributed by atoms with Crippen molar-refractivity contribution < 1.29 is 32.9 Å². The molecule has 0 aliphatic rings. The largest absolute Gasteiger partial charge is 0.756 e. The van der Waals surface area contributed by atoms with Gasteiger partial charge in [-0.25, -0.2) is 0 Å². The highest BCUT2D eigenvalue weighted by Crippen LogP contribution is 2.38. The Kier molecular flexibility index (Phi) is 64.9. The van der Waals surface area contributed by atoms with E-state index in [2.05, 4.69) is 129 Å². The SMILES string of the molecule is CC/C=C\C/C=C\C/C=C\C/C=C\C/C=C\C/C=C\C/C=C\C/C=C\CCCCCCCCCCCCCCCCC(=O)NC(COP(=O)([O-])OCC[N+](C)(C)C)C(O)/C=C/CC/C=C/CCCCCCCCCCCCCCCCCCCCCC. The number of quaternary nitrogens is 1. The topological polar surface area (TPSA) is 108 Å². The maximum absolute atomic E-state index is 13.0. The zero-order valence-electron chi connectivity index (χ0n) is 57.4. The van der Waals surface area contributed by atoms with Crippen LogP contribution in [0.2, 0.25) is 0 Å². The Balaban J connectivity index is 4.09. The van der Waals surface area contributed by atoms with Crippen molar-refractivity contribution in [3.05, 3.63) is 122 Å². The zero-order valence-corrected chi connectivity index (χ0v) is 58.3. The molecule has 0 saturated heterocycles. The van der Waals surface area contributed by atoms with Crippen LogP contribution >= 0.6 is 7.82 Å². The second kappa shape index (κ2) is 67.3. The Morgan fingerprint density at radius 3 is 1.07 bits per heavy atom. The number of allylic oxidation sites excluding steroid dienone is 19. The third-order valence-electron chi connectivity index (χ3n) is 15.9. The molecule has 0 fully saturated rings. The smallest absolute Gasteiger partial charge is 0.268 e. The number of unbranched alkanes of at least 4 members (excludes halogenated alkanes) is 35. The molecule has 3 unspecified atom stereocenters. The normalized spacial score (nSPS) is 14.3. The van der Waals surface area contributed by atoms with Crippen molar-refractivity contribution in [2.75, 3.05) is 40.9 Å². The molecule has 0 bridgehead atoms. The van der Waals surface area contributed by atoms with Gasteiger partial charge in [0.05, 0.1) is 39.9 Å². The molecule has 9 heteroatoms. The predicted octanol–water partition coefficient (Wildman–Crippen LogP) is 23.0. The van der Waals surface area contributed by atoms with Crippen molar-refractivity contribution in [3.8, 4) is 0 Å². The minimum atomic E-state index is -4.62. The second-order valence-corrected chi connectivity index (χ2v) is 27.0. The minimum Gasteiger partial charge on any atom is -0.756 e. The molecule has 0 radical (unpaired) electrons. The number of rotatable bonds is 66. The molecule has 0 spiro atoms. The van der Waals surface area contributed by atoms with Crippen molar-refractivity contribution in [1.29, 1.82) is 0 Å². The van der Waals surface area contributed by atoms with E-state index < -0.39 is 26.6 Å². The molecule has 0 rings (SSSR count). The summed E-state index contributed by atoms with van der Waals surface area (Å²) in [6.07, 6.45) is 100. The summed E-state index contributed by atoms with van der Waals surface area (Å²) in [5, 5.41) is 14.0. The fourth-order valence-corrected chi connectivity index (χ4v) is 11.0. The number of likely N-dealkylation sites (N-methyl/N-ethyl adjacent to an activating group) is 1. The van der Waals surface area contributed by atoms with Gasteiger partial charge in [0, 0.05) is 6.42 Å². The lowest BCUT2D eigenvalue weighted by Gasteiger charge is -2.29.